The molecule has 0 N–H and O–H groups in total. The third-order valence-electron chi connectivity index (χ3n) is 4.41. The fourth-order valence-electron chi connectivity index (χ4n) is 2.99. The minimum atomic E-state index is -0.418. The van der Waals surface area contributed by atoms with Crippen LogP contribution in [0.25, 0.3) is 21.8 Å². The van der Waals surface area contributed by atoms with Crippen LogP contribution in [0, 0.1) is 20.2 Å². The summed E-state index contributed by atoms with van der Waals surface area (Å²) < 4.78 is 4.69. The molecule has 0 saturated carbocycles. The van der Waals surface area contributed by atoms with Crippen LogP contribution in [-0.4, -0.2) is 29.4 Å². The van der Waals surface area contributed by atoms with Crippen molar-refractivity contribution in [3.63, 3.8) is 0 Å². The molecule has 2 aromatic heterocycles. The first kappa shape index (κ1) is 23.3. The van der Waals surface area contributed by atoms with Gasteiger partial charge in [0.1, 0.15) is 9.21 Å². The van der Waals surface area contributed by atoms with Gasteiger partial charge >= 0.3 is 0 Å². The molecule has 4 rings (SSSR count). The number of nitro groups is 2. The van der Waals surface area contributed by atoms with Crippen LogP contribution < -0.4 is 0 Å². The number of halogens is 2. The zero-order valence-electron chi connectivity index (χ0n) is 16.5. The molecule has 0 fully saturated rings. The molecule has 0 spiro atoms. The third kappa shape index (κ3) is 4.75. The zero-order valence-corrected chi connectivity index (χ0v) is 19.7. The molecule has 164 valence electrons. The van der Waals surface area contributed by atoms with Crippen molar-refractivity contribution in [3.8, 4) is 0 Å². The summed E-state index contributed by atoms with van der Waals surface area (Å²) in [5, 5.41) is 31.5. The summed E-state index contributed by atoms with van der Waals surface area (Å²) in [7, 11) is 0. The van der Waals surface area contributed by atoms with E-state index in [9.17, 15) is 20.2 Å². The van der Waals surface area contributed by atoms with Crippen LogP contribution >= 0.6 is 31.9 Å². The van der Waals surface area contributed by atoms with E-state index in [-0.39, 0.29) is 11.4 Å². The van der Waals surface area contributed by atoms with E-state index in [0.717, 1.165) is 21.8 Å². The largest absolute Gasteiger partial charge is 0.271 e. The summed E-state index contributed by atoms with van der Waals surface area (Å²) in [6.45, 7) is 8.27. The van der Waals surface area contributed by atoms with Gasteiger partial charge in [0, 0.05) is 35.0 Å². The van der Waals surface area contributed by atoms with Crippen molar-refractivity contribution in [2.24, 2.45) is 0 Å². The second kappa shape index (κ2) is 9.83. The third-order valence-corrected chi connectivity index (χ3v) is 5.58. The molecule has 2 aromatic carbocycles. The minimum absolute atomic E-state index is 0.0604. The topological polar surface area (TPSA) is 122 Å². The first-order valence-electron chi connectivity index (χ1n) is 9.09. The lowest BCUT2D eigenvalue weighted by Gasteiger charge is -1.98. The van der Waals surface area contributed by atoms with Gasteiger partial charge in [-0.1, -0.05) is 12.2 Å². The highest BCUT2D eigenvalue weighted by Crippen LogP contribution is 2.28. The maximum absolute atomic E-state index is 10.7. The molecule has 0 aliphatic heterocycles. The van der Waals surface area contributed by atoms with E-state index in [0.29, 0.717) is 22.3 Å². The molecule has 12 heteroatoms. The lowest BCUT2D eigenvalue weighted by atomic mass is 10.2. The smallest absolute Gasteiger partial charge is 0.260 e. The van der Waals surface area contributed by atoms with Crippen molar-refractivity contribution in [1.29, 1.82) is 0 Å². The molecular formula is C20H16Br2N6O4. The molecule has 2 heterocycles. The maximum Gasteiger partial charge on any atom is 0.271 e. The van der Waals surface area contributed by atoms with Crippen LogP contribution in [-0.2, 0) is 13.1 Å². The molecule has 0 atom stereocenters. The Labute approximate surface area is 198 Å². The van der Waals surface area contributed by atoms with Crippen molar-refractivity contribution in [2.75, 3.05) is 0 Å². The highest BCUT2D eigenvalue weighted by molar-refractivity contribution is 9.10. The second-order valence-corrected chi connectivity index (χ2v) is 7.94. The Kier molecular flexibility index (Phi) is 7.15. The first-order chi connectivity index (χ1) is 15.3. The number of nitro benzene ring substituents is 2. The average Bonchev–Trinajstić information content (AvgIpc) is 3.25. The van der Waals surface area contributed by atoms with Gasteiger partial charge in [0.15, 0.2) is 0 Å². The Morgan fingerprint density at radius 1 is 0.812 bits per heavy atom. The normalized spacial score (nSPS) is 10.6. The standard InChI is InChI=1S/2C10H8BrN3O2/c2*1-2-5-13-9-6-7(14(15)16)3-4-8(9)10(11)12-13/h2*2-4,6H,1,5H2. The molecule has 0 unspecified atom stereocenters. The first-order valence-corrected chi connectivity index (χ1v) is 10.7. The number of hydrogen-bond donors (Lipinski definition) is 0. The van der Waals surface area contributed by atoms with Crippen LogP contribution in [0.3, 0.4) is 0 Å². The van der Waals surface area contributed by atoms with Crippen molar-refractivity contribution in [3.05, 3.63) is 91.1 Å². The monoisotopic (exact) mass is 562 g/mol. The highest BCUT2D eigenvalue weighted by atomic mass is 79.9. The Hall–Kier alpha value is -3.38. The Balaban J connectivity index is 0.000000181. The fraction of sp³-hybridized carbons (Fsp3) is 0.100. The fourth-order valence-corrected chi connectivity index (χ4v) is 4.05. The van der Waals surface area contributed by atoms with E-state index < -0.39 is 9.85 Å². The van der Waals surface area contributed by atoms with E-state index in [4.69, 9.17) is 0 Å². The number of fused-ring (bicyclic) bond motifs is 2. The second-order valence-electron chi connectivity index (χ2n) is 6.44. The molecule has 0 saturated heterocycles. The number of allylic oxidation sites excluding steroid dienone is 2. The summed E-state index contributed by atoms with van der Waals surface area (Å²) in [5.41, 5.74) is 1.57. The summed E-state index contributed by atoms with van der Waals surface area (Å²) in [4.78, 5) is 20.5. The zero-order chi connectivity index (χ0) is 23.4. The van der Waals surface area contributed by atoms with Crippen molar-refractivity contribution in [1.82, 2.24) is 19.6 Å². The van der Waals surface area contributed by atoms with E-state index in [1.54, 1.807) is 33.6 Å². The van der Waals surface area contributed by atoms with E-state index in [1.807, 2.05) is 0 Å². The van der Waals surface area contributed by atoms with Gasteiger partial charge in [0.25, 0.3) is 11.4 Å². The van der Waals surface area contributed by atoms with E-state index >= 15 is 0 Å². The summed E-state index contributed by atoms with van der Waals surface area (Å²) in [6, 6.07) is 9.32. The summed E-state index contributed by atoms with van der Waals surface area (Å²) in [6.07, 6.45) is 3.38. The number of hydrogen-bond acceptors (Lipinski definition) is 6. The van der Waals surface area contributed by atoms with Gasteiger partial charge in [-0.25, -0.2) is 0 Å². The quantitative estimate of drug-likeness (QED) is 0.166. The Morgan fingerprint density at radius 3 is 1.50 bits per heavy atom. The molecule has 0 radical (unpaired) electrons. The lowest BCUT2D eigenvalue weighted by Crippen LogP contribution is -1.97. The molecule has 0 aliphatic rings. The van der Waals surface area contributed by atoms with E-state index in [1.165, 1.54) is 24.3 Å². The van der Waals surface area contributed by atoms with Crippen molar-refractivity contribution < 1.29 is 9.85 Å². The van der Waals surface area contributed by atoms with Gasteiger partial charge in [-0.3, -0.25) is 29.6 Å². The number of nitrogens with zero attached hydrogens (tertiary/aromatic N) is 6. The molecular weight excluding hydrogens is 548 g/mol. The molecule has 0 bridgehead atoms. The Morgan fingerprint density at radius 2 is 1.19 bits per heavy atom. The molecule has 0 aliphatic carbocycles. The number of benzene rings is 2. The predicted molar refractivity (Wildman–Crippen MR) is 129 cm³/mol. The van der Waals surface area contributed by atoms with Gasteiger partial charge in [0.2, 0.25) is 0 Å². The predicted octanol–water partition coefficient (Wildman–Crippen LogP) is 5.79. The Bertz CT molecular complexity index is 1260. The van der Waals surface area contributed by atoms with Crippen LogP contribution in [0.4, 0.5) is 11.4 Å². The lowest BCUT2D eigenvalue weighted by molar-refractivity contribution is -0.384. The van der Waals surface area contributed by atoms with Crippen LogP contribution in [0.2, 0.25) is 0 Å². The van der Waals surface area contributed by atoms with Gasteiger partial charge in [-0.05, 0) is 44.0 Å². The number of aromatic nitrogens is 4. The summed E-state index contributed by atoms with van der Waals surface area (Å²) >= 11 is 6.63. The molecule has 32 heavy (non-hydrogen) atoms. The van der Waals surface area contributed by atoms with Gasteiger partial charge in [-0.15, -0.1) is 13.2 Å². The molecule has 10 nitrogen and oxygen atoms in total. The SMILES string of the molecule is C=CCn1nc(Br)c2ccc([N+](=O)[O-])cc21.C=CCn1nc(Br)c2ccc([N+](=O)[O-])cc21. The van der Waals surface area contributed by atoms with Crippen LogP contribution in [0.15, 0.2) is 70.9 Å². The van der Waals surface area contributed by atoms with Crippen molar-refractivity contribution >= 4 is 65.0 Å². The van der Waals surface area contributed by atoms with Crippen LogP contribution in [0.5, 0.6) is 0 Å². The minimum Gasteiger partial charge on any atom is -0.260 e. The number of rotatable bonds is 6. The molecule has 0 amide bonds. The summed E-state index contributed by atoms with van der Waals surface area (Å²) in [5.74, 6) is 0. The van der Waals surface area contributed by atoms with Gasteiger partial charge in [-0.2, -0.15) is 10.2 Å². The van der Waals surface area contributed by atoms with E-state index in [2.05, 4.69) is 55.2 Å². The van der Waals surface area contributed by atoms with Gasteiger partial charge in [0.05, 0.1) is 34.0 Å². The molecule has 4 aromatic rings. The maximum atomic E-state index is 10.7. The average molecular weight is 564 g/mol. The highest BCUT2D eigenvalue weighted by Gasteiger charge is 2.13. The van der Waals surface area contributed by atoms with Crippen molar-refractivity contribution in [2.45, 2.75) is 13.1 Å². The van der Waals surface area contributed by atoms with Gasteiger partial charge < -0.3 is 0 Å². The van der Waals surface area contributed by atoms with Crippen LogP contribution in [0.1, 0.15) is 0 Å². The number of non-ortho nitro benzene ring substituents is 2.